The van der Waals surface area contributed by atoms with Gasteiger partial charge in [0.05, 0.1) is 21.3 Å². The highest BCUT2D eigenvalue weighted by atomic mass is 16.5. The molecular weight excluding hydrogens is 248 g/mol. The third-order valence-corrected chi connectivity index (χ3v) is 2.74. The number of hydrogen-bond donors (Lipinski definition) is 0. The molecule has 0 radical (unpaired) electrons. The SMILES string of the molecule is COCCCC(=O)c1cc(OC)c(OC)c(OC)c1. The van der Waals surface area contributed by atoms with Gasteiger partial charge in [0.25, 0.3) is 0 Å². The summed E-state index contributed by atoms with van der Waals surface area (Å²) in [6.07, 6.45) is 1.11. The van der Waals surface area contributed by atoms with Gasteiger partial charge in [-0.05, 0) is 18.6 Å². The monoisotopic (exact) mass is 268 g/mol. The van der Waals surface area contributed by atoms with Crippen molar-refractivity contribution in [3.63, 3.8) is 0 Å². The van der Waals surface area contributed by atoms with E-state index in [4.69, 9.17) is 18.9 Å². The molecule has 0 aromatic heterocycles. The highest BCUT2D eigenvalue weighted by Gasteiger charge is 2.16. The van der Waals surface area contributed by atoms with E-state index in [1.54, 1.807) is 19.2 Å². The van der Waals surface area contributed by atoms with Crippen molar-refractivity contribution in [2.24, 2.45) is 0 Å². The van der Waals surface area contributed by atoms with Crippen LogP contribution in [0, 0.1) is 0 Å². The van der Waals surface area contributed by atoms with Gasteiger partial charge in [0, 0.05) is 25.7 Å². The summed E-state index contributed by atoms with van der Waals surface area (Å²) in [5, 5.41) is 0. The normalized spacial score (nSPS) is 10.1. The Kier molecular flexibility index (Phi) is 6.15. The Labute approximate surface area is 113 Å². The lowest BCUT2D eigenvalue weighted by Crippen LogP contribution is -2.04. The molecule has 0 aliphatic carbocycles. The molecule has 106 valence electrons. The van der Waals surface area contributed by atoms with Crippen LogP contribution in [0.5, 0.6) is 17.2 Å². The maximum Gasteiger partial charge on any atom is 0.203 e. The molecule has 0 bridgehead atoms. The fourth-order valence-corrected chi connectivity index (χ4v) is 1.76. The molecule has 0 unspecified atom stereocenters. The minimum absolute atomic E-state index is 0.0244. The molecule has 0 aliphatic rings. The molecule has 5 nitrogen and oxygen atoms in total. The second-order valence-corrected chi connectivity index (χ2v) is 3.93. The Morgan fingerprint density at radius 1 is 1.00 bits per heavy atom. The molecule has 0 spiro atoms. The number of rotatable bonds is 8. The van der Waals surface area contributed by atoms with E-state index in [1.807, 2.05) is 0 Å². The van der Waals surface area contributed by atoms with Crippen LogP contribution in [0.15, 0.2) is 12.1 Å². The number of carbonyl (C=O) groups is 1. The molecule has 5 heteroatoms. The quantitative estimate of drug-likeness (QED) is 0.535. The van der Waals surface area contributed by atoms with Crippen LogP contribution in [0.3, 0.4) is 0 Å². The zero-order valence-corrected chi connectivity index (χ0v) is 11.8. The first kappa shape index (κ1) is 15.3. The number of methoxy groups -OCH3 is 4. The van der Waals surface area contributed by atoms with Crippen LogP contribution in [-0.2, 0) is 4.74 Å². The van der Waals surface area contributed by atoms with E-state index >= 15 is 0 Å². The first-order valence-electron chi connectivity index (χ1n) is 6.00. The summed E-state index contributed by atoms with van der Waals surface area (Å²) in [6, 6.07) is 3.33. The summed E-state index contributed by atoms with van der Waals surface area (Å²) in [5.41, 5.74) is 0.547. The number of ether oxygens (including phenoxy) is 4. The van der Waals surface area contributed by atoms with Gasteiger partial charge >= 0.3 is 0 Å². The first-order chi connectivity index (χ1) is 9.17. The number of benzene rings is 1. The lowest BCUT2D eigenvalue weighted by Gasteiger charge is -2.13. The largest absolute Gasteiger partial charge is 0.493 e. The summed E-state index contributed by atoms with van der Waals surface area (Å²) < 4.78 is 20.6. The smallest absolute Gasteiger partial charge is 0.203 e. The van der Waals surface area contributed by atoms with E-state index in [0.29, 0.717) is 42.3 Å². The summed E-state index contributed by atoms with van der Waals surface area (Å²) in [5.74, 6) is 1.48. The van der Waals surface area contributed by atoms with Gasteiger partial charge in [-0.15, -0.1) is 0 Å². The Morgan fingerprint density at radius 2 is 1.58 bits per heavy atom. The van der Waals surface area contributed by atoms with Gasteiger partial charge in [-0.2, -0.15) is 0 Å². The minimum atomic E-state index is 0.0244. The second kappa shape index (κ2) is 7.63. The zero-order valence-electron chi connectivity index (χ0n) is 11.8. The van der Waals surface area contributed by atoms with Crippen LogP contribution < -0.4 is 14.2 Å². The molecule has 0 N–H and O–H groups in total. The molecule has 0 saturated heterocycles. The summed E-state index contributed by atoms with van der Waals surface area (Å²) in [4.78, 5) is 12.0. The summed E-state index contributed by atoms with van der Waals surface area (Å²) in [7, 11) is 6.19. The van der Waals surface area contributed by atoms with Crippen LogP contribution in [-0.4, -0.2) is 40.8 Å². The third-order valence-electron chi connectivity index (χ3n) is 2.74. The lowest BCUT2D eigenvalue weighted by atomic mass is 10.1. The standard InChI is InChI=1S/C14H20O5/c1-16-7-5-6-11(15)10-8-12(17-2)14(19-4)13(9-10)18-3/h8-9H,5-7H2,1-4H3. The van der Waals surface area contributed by atoms with Gasteiger partial charge in [-0.25, -0.2) is 0 Å². The summed E-state index contributed by atoms with van der Waals surface area (Å²) in [6.45, 7) is 0.566. The molecule has 19 heavy (non-hydrogen) atoms. The Hall–Kier alpha value is -1.75. The molecule has 1 rings (SSSR count). The van der Waals surface area contributed by atoms with Crippen molar-refractivity contribution in [1.29, 1.82) is 0 Å². The summed E-state index contributed by atoms with van der Waals surface area (Å²) >= 11 is 0. The van der Waals surface area contributed by atoms with Crippen molar-refractivity contribution >= 4 is 5.78 Å². The van der Waals surface area contributed by atoms with E-state index in [9.17, 15) is 4.79 Å². The van der Waals surface area contributed by atoms with Crippen molar-refractivity contribution in [2.75, 3.05) is 35.0 Å². The molecule has 0 fully saturated rings. The van der Waals surface area contributed by atoms with Crippen molar-refractivity contribution in [3.05, 3.63) is 17.7 Å². The van der Waals surface area contributed by atoms with Crippen molar-refractivity contribution in [3.8, 4) is 17.2 Å². The molecular formula is C14H20O5. The molecule has 1 aromatic rings. The van der Waals surface area contributed by atoms with Crippen LogP contribution in [0.1, 0.15) is 23.2 Å². The molecule has 1 aromatic carbocycles. The number of ketones is 1. The van der Waals surface area contributed by atoms with E-state index in [-0.39, 0.29) is 5.78 Å². The Morgan fingerprint density at radius 3 is 2.00 bits per heavy atom. The highest BCUT2D eigenvalue weighted by molar-refractivity contribution is 5.97. The number of hydrogen-bond acceptors (Lipinski definition) is 5. The van der Waals surface area contributed by atoms with Crippen LogP contribution in [0.2, 0.25) is 0 Å². The van der Waals surface area contributed by atoms with E-state index < -0.39 is 0 Å². The van der Waals surface area contributed by atoms with Gasteiger partial charge in [0.2, 0.25) is 5.75 Å². The number of carbonyl (C=O) groups excluding carboxylic acids is 1. The van der Waals surface area contributed by atoms with Gasteiger partial charge in [-0.3, -0.25) is 4.79 Å². The molecule has 0 aliphatic heterocycles. The molecule has 0 saturated carbocycles. The average Bonchev–Trinajstić information content (AvgIpc) is 2.45. The lowest BCUT2D eigenvalue weighted by molar-refractivity contribution is 0.0962. The maximum absolute atomic E-state index is 12.0. The minimum Gasteiger partial charge on any atom is -0.493 e. The average molecular weight is 268 g/mol. The predicted octanol–water partition coefficient (Wildman–Crippen LogP) is 2.32. The molecule has 0 heterocycles. The fraction of sp³-hybridized carbons (Fsp3) is 0.500. The predicted molar refractivity (Wildman–Crippen MR) is 71.5 cm³/mol. The Bertz CT molecular complexity index is 403. The molecule has 0 atom stereocenters. The first-order valence-corrected chi connectivity index (χ1v) is 6.00. The maximum atomic E-state index is 12.0. The van der Waals surface area contributed by atoms with Gasteiger partial charge in [0.15, 0.2) is 17.3 Å². The van der Waals surface area contributed by atoms with E-state index in [2.05, 4.69) is 0 Å². The van der Waals surface area contributed by atoms with E-state index in [1.165, 1.54) is 21.3 Å². The topological polar surface area (TPSA) is 54.0 Å². The van der Waals surface area contributed by atoms with Crippen LogP contribution in [0.4, 0.5) is 0 Å². The second-order valence-electron chi connectivity index (χ2n) is 3.93. The van der Waals surface area contributed by atoms with E-state index in [0.717, 1.165) is 0 Å². The van der Waals surface area contributed by atoms with Gasteiger partial charge in [0.1, 0.15) is 0 Å². The van der Waals surface area contributed by atoms with Crippen LogP contribution >= 0.6 is 0 Å². The van der Waals surface area contributed by atoms with Gasteiger partial charge < -0.3 is 18.9 Å². The third kappa shape index (κ3) is 3.86. The van der Waals surface area contributed by atoms with Crippen molar-refractivity contribution in [1.82, 2.24) is 0 Å². The van der Waals surface area contributed by atoms with Crippen LogP contribution in [0.25, 0.3) is 0 Å². The zero-order chi connectivity index (χ0) is 14.3. The Balaban J connectivity index is 2.98. The van der Waals surface area contributed by atoms with Crippen molar-refractivity contribution < 1.29 is 23.7 Å². The number of Topliss-reactive ketones (excluding diaryl/α,β-unsaturated/α-hetero) is 1. The fourth-order valence-electron chi connectivity index (χ4n) is 1.76. The highest BCUT2D eigenvalue weighted by Crippen LogP contribution is 2.38. The van der Waals surface area contributed by atoms with Gasteiger partial charge in [-0.1, -0.05) is 0 Å². The molecule has 0 amide bonds. The van der Waals surface area contributed by atoms with Crippen molar-refractivity contribution in [2.45, 2.75) is 12.8 Å².